The highest BCUT2D eigenvalue weighted by atomic mass is 16.3. The minimum absolute atomic E-state index is 0.121. The van der Waals surface area contributed by atoms with E-state index in [1.54, 1.807) is 0 Å². The Balaban J connectivity index is 2.62. The third-order valence-corrected chi connectivity index (χ3v) is 2.41. The molecule has 0 radical (unpaired) electrons. The Hall–Kier alpha value is -1.69. The summed E-state index contributed by atoms with van der Waals surface area (Å²) in [6.45, 7) is 3.06. The van der Waals surface area contributed by atoms with Gasteiger partial charge in [-0.2, -0.15) is 5.10 Å². The van der Waals surface area contributed by atoms with E-state index in [1.807, 2.05) is 6.92 Å². The Morgan fingerprint density at radius 1 is 1.44 bits per heavy atom. The summed E-state index contributed by atoms with van der Waals surface area (Å²) in [5, 5.41) is 15.3. The van der Waals surface area contributed by atoms with Crippen LogP contribution in [0.5, 0.6) is 0 Å². The van der Waals surface area contributed by atoms with Crippen LogP contribution < -0.4 is 10.9 Å². The maximum atomic E-state index is 11.7. The van der Waals surface area contributed by atoms with E-state index in [1.165, 1.54) is 16.8 Å². The Bertz CT molecular complexity index is 442. The second kappa shape index (κ2) is 7.60. The molecular formula is C12H19N3O3. The van der Waals surface area contributed by atoms with E-state index in [2.05, 4.69) is 10.4 Å². The molecule has 0 aliphatic carbocycles. The van der Waals surface area contributed by atoms with Gasteiger partial charge in [-0.15, -0.1) is 0 Å². The van der Waals surface area contributed by atoms with E-state index in [0.29, 0.717) is 19.5 Å². The van der Waals surface area contributed by atoms with Gasteiger partial charge in [0.05, 0.1) is 0 Å². The molecule has 1 aromatic rings. The summed E-state index contributed by atoms with van der Waals surface area (Å²) in [5.41, 5.74) is 0.0423. The van der Waals surface area contributed by atoms with Crippen LogP contribution in [-0.4, -0.2) is 33.9 Å². The molecule has 6 heteroatoms. The Labute approximate surface area is 106 Å². The monoisotopic (exact) mass is 253 g/mol. The third-order valence-electron chi connectivity index (χ3n) is 2.41. The highest BCUT2D eigenvalue weighted by Crippen LogP contribution is 1.93. The first kappa shape index (κ1) is 14.4. The van der Waals surface area contributed by atoms with Crippen molar-refractivity contribution in [2.24, 2.45) is 0 Å². The molecule has 18 heavy (non-hydrogen) atoms. The average Bonchev–Trinajstić information content (AvgIpc) is 2.37. The van der Waals surface area contributed by atoms with E-state index in [-0.39, 0.29) is 23.8 Å². The van der Waals surface area contributed by atoms with Gasteiger partial charge in [-0.1, -0.05) is 6.92 Å². The summed E-state index contributed by atoms with van der Waals surface area (Å²) in [4.78, 5) is 23.1. The number of amides is 1. The zero-order chi connectivity index (χ0) is 13.4. The number of aliphatic hydroxyl groups excluding tert-OH is 1. The lowest BCUT2D eigenvalue weighted by molar-refractivity contribution is 0.0944. The van der Waals surface area contributed by atoms with E-state index in [4.69, 9.17) is 5.11 Å². The predicted octanol–water partition coefficient (Wildman–Crippen LogP) is 0.156. The molecule has 0 fully saturated rings. The van der Waals surface area contributed by atoms with Crippen LogP contribution in [0.1, 0.15) is 36.7 Å². The van der Waals surface area contributed by atoms with Gasteiger partial charge in [0.25, 0.3) is 11.5 Å². The second-order valence-electron chi connectivity index (χ2n) is 3.97. The van der Waals surface area contributed by atoms with Crippen LogP contribution in [0.4, 0.5) is 0 Å². The molecule has 0 aliphatic heterocycles. The lowest BCUT2D eigenvalue weighted by Gasteiger charge is -2.06. The molecule has 0 bridgehead atoms. The minimum atomic E-state index is -0.294. The molecule has 1 rings (SSSR count). The molecule has 0 unspecified atom stereocenters. The van der Waals surface area contributed by atoms with Crippen LogP contribution in [0.3, 0.4) is 0 Å². The molecule has 0 saturated carbocycles. The van der Waals surface area contributed by atoms with Gasteiger partial charge in [0.15, 0.2) is 0 Å². The van der Waals surface area contributed by atoms with Crippen molar-refractivity contribution in [1.82, 2.24) is 15.1 Å². The predicted molar refractivity (Wildman–Crippen MR) is 67.4 cm³/mol. The van der Waals surface area contributed by atoms with Crippen LogP contribution in [0.15, 0.2) is 16.9 Å². The number of carbonyl (C=O) groups is 1. The highest BCUT2D eigenvalue weighted by molar-refractivity contribution is 5.91. The number of rotatable bonds is 7. The molecule has 2 N–H and O–H groups in total. The summed E-state index contributed by atoms with van der Waals surface area (Å²) in [7, 11) is 0. The first-order chi connectivity index (χ1) is 8.69. The zero-order valence-electron chi connectivity index (χ0n) is 10.6. The Kier molecular flexibility index (Phi) is 6.07. The number of hydrogen-bond acceptors (Lipinski definition) is 4. The molecule has 0 aromatic carbocycles. The lowest BCUT2D eigenvalue weighted by atomic mass is 10.3. The molecule has 1 amide bonds. The van der Waals surface area contributed by atoms with Crippen LogP contribution in [0, 0.1) is 0 Å². The highest BCUT2D eigenvalue weighted by Gasteiger charge is 2.08. The molecule has 6 nitrogen and oxygen atoms in total. The van der Waals surface area contributed by atoms with Crippen molar-refractivity contribution < 1.29 is 9.90 Å². The Morgan fingerprint density at radius 2 is 2.22 bits per heavy atom. The number of aromatic nitrogens is 2. The summed E-state index contributed by atoms with van der Waals surface area (Å²) in [6.07, 6.45) is 2.16. The van der Waals surface area contributed by atoms with Gasteiger partial charge < -0.3 is 10.4 Å². The van der Waals surface area contributed by atoms with Gasteiger partial charge in [-0.25, -0.2) is 4.68 Å². The Morgan fingerprint density at radius 3 is 2.89 bits per heavy atom. The van der Waals surface area contributed by atoms with E-state index in [9.17, 15) is 9.59 Å². The van der Waals surface area contributed by atoms with Crippen LogP contribution in [0.2, 0.25) is 0 Å². The normalized spacial score (nSPS) is 10.3. The average molecular weight is 253 g/mol. The van der Waals surface area contributed by atoms with Gasteiger partial charge in [-0.05, 0) is 25.3 Å². The number of unbranched alkanes of at least 4 members (excludes halogenated alkanes) is 1. The first-order valence-corrected chi connectivity index (χ1v) is 6.16. The number of nitrogens with one attached hydrogen (secondary N) is 1. The molecule has 1 aromatic heterocycles. The van der Waals surface area contributed by atoms with Gasteiger partial charge in [0, 0.05) is 25.8 Å². The van der Waals surface area contributed by atoms with Crippen molar-refractivity contribution in [1.29, 1.82) is 0 Å². The molecule has 0 aliphatic rings. The topological polar surface area (TPSA) is 84.2 Å². The molecule has 100 valence electrons. The van der Waals surface area contributed by atoms with Gasteiger partial charge in [-0.3, -0.25) is 9.59 Å². The molecular weight excluding hydrogens is 234 g/mol. The number of nitrogens with zero attached hydrogens (tertiary/aromatic N) is 2. The molecule has 1 heterocycles. The van der Waals surface area contributed by atoms with Gasteiger partial charge in [0.2, 0.25) is 0 Å². The fourth-order valence-corrected chi connectivity index (χ4v) is 1.47. The van der Waals surface area contributed by atoms with Crippen LogP contribution in [-0.2, 0) is 6.54 Å². The standard InChI is InChI=1S/C12H19N3O3/c1-2-8-15-11(17)6-5-10(14-15)12(18)13-7-3-4-9-16/h5-6,16H,2-4,7-9H2,1H3,(H,13,18). The van der Waals surface area contributed by atoms with Crippen molar-refractivity contribution in [2.75, 3.05) is 13.2 Å². The van der Waals surface area contributed by atoms with E-state index >= 15 is 0 Å². The molecule has 0 atom stereocenters. The summed E-state index contributed by atoms with van der Waals surface area (Å²) in [5.74, 6) is -0.294. The lowest BCUT2D eigenvalue weighted by Crippen LogP contribution is -2.30. The van der Waals surface area contributed by atoms with Crippen LogP contribution in [0.25, 0.3) is 0 Å². The summed E-state index contributed by atoms with van der Waals surface area (Å²) >= 11 is 0. The first-order valence-electron chi connectivity index (χ1n) is 6.16. The SMILES string of the molecule is CCCn1nc(C(=O)NCCCCO)ccc1=O. The number of hydrogen-bond donors (Lipinski definition) is 2. The number of aliphatic hydroxyl groups is 1. The summed E-state index contributed by atoms with van der Waals surface area (Å²) in [6, 6.07) is 2.78. The number of aryl methyl sites for hydroxylation is 1. The molecule has 0 saturated heterocycles. The largest absolute Gasteiger partial charge is 0.396 e. The maximum absolute atomic E-state index is 11.7. The third kappa shape index (κ3) is 4.29. The van der Waals surface area contributed by atoms with Crippen molar-refractivity contribution in [2.45, 2.75) is 32.7 Å². The summed E-state index contributed by atoms with van der Waals surface area (Å²) < 4.78 is 1.29. The van der Waals surface area contributed by atoms with Crippen molar-refractivity contribution in [3.63, 3.8) is 0 Å². The van der Waals surface area contributed by atoms with Crippen molar-refractivity contribution in [3.05, 3.63) is 28.2 Å². The smallest absolute Gasteiger partial charge is 0.271 e. The fourth-order valence-electron chi connectivity index (χ4n) is 1.47. The number of carbonyl (C=O) groups excluding carboxylic acids is 1. The van der Waals surface area contributed by atoms with Crippen molar-refractivity contribution in [3.8, 4) is 0 Å². The van der Waals surface area contributed by atoms with Crippen molar-refractivity contribution >= 4 is 5.91 Å². The molecule has 0 spiro atoms. The maximum Gasteiger partial charge on any atom is 0.271 e. The van der Waals surface area contributed by atoms with E-state index in [0.717, 1.165) is 12.8 Å². The fraction of sp³-hybridized carbons (Fsp3) is 0.583. The zero-order valence-corrected chi connectivity index (χ0v) is 10.6. The quantitative estimate of drug-likeness (QED) is 0.678. The second-order valence-corrected chi connectivity index (χ2v) is 3.97. The van der Waals surface area contributed by atoms with Gasteiger partial charge >= 0.3 is 0 Å². The van der Waals surface area contributed by atoms with Crippen LogP contribution >= 0.6 is 0 Å². The van der Waals surface area contributed by atoms with Gasteiger partial charge in [0.1, 0.15) is 5.69 Å². The minimum Gasteiger partial charge on any atom is -0.396 e. The van der Waals surface area contributed by atoms with E-state index < -0.39 is 0 Å².